The topological polar surface area (TPSA) is 98.8 Å². The monoisotopic (exact) mass is 223 g/mol. The van der Waals surface area contributed by atoms with Crippen molar-refractivity contribution in [3.8, 4) is 5.75 Å². The Bertz CT molecular complexity index is 441. The molecule has 0 aliphatic rings. The molecule has 0 spiro atoms. The van der Waals surface area contributed by atoms with Gasteiger partial charge in [-0.1, -0.05) is 12.6 Å². The summed E-state index contributed by atoms with van der Waals surface area (Å²) >= 11 is 0. The molecule has 0 heterocycles. The number of anilines is 1. The molecular formula is C10H9NO5. The minimum atomic E-state index is -1.20. The second kappa shape index (κ2) is 4.83. The molecule has 6 heteroatoms. The van der Waals surface area contributed by atoms with Gasteiger partial charge in [-0.3, -0.25) is 4.89 Å². The zero-order valence-electron chi connectivity index (χ0n) is 8.17. The van der Waals surface area contributed by atoms with Crippen LogP contribution >= 0.6 is 0 Å². The molecular weight excluding hydrogens is 214 g/mol. The number of carboxylic acid groups (broad SMARTS) is 1. The summed E-state index contributed by atoms with van der Waals surface area (Å²) in [4.78, 5) is 30.2. The van der Waals surface area contributed by atoms with Crippen molar-refractivity contribution in [2.45, 2.75) is 0 Å². The molecule has 0 unspecified atom stereocenters. The first-order valence-corrected chi connectivity index (χ1v) is 4.19. The van der Waals surface area contributed by atoms with E-state index in [0.29, 0.717) is 0 Å². The Kier molecular flexibility index (Phi) is 3.49. The normalized spacial score (nSPS) is 9.25. The Labute approximate surface area is 90.8 Å². The Morgan fingerprint density at radius 2 is 2.12 bits per heavy atom. The smallest absolute Gasteiger partial charge is 0.378 e. The fraction of sp³-hybridized carbons (Fsp3) is 0. The first-order chi connectivity index (χ1) is 7.56. The summed E-state index contributed by atoms with van der Waals surface area (Å²) < 4.78 is 0. The maximum Gasteiger partial charge on any atom is 0.378 e. The van der Waals surface area contributed by atoms with Crippen LogP contribution in [0.15, 0.2) is 30.9 Å². The standard InChI is InChI=1S/C10H9NO5/c1-2-8(12)16-15-7-5-3-4-6(9(7)11)10(13)14/h2-5H,1,11H2,(H,13,14). The molecule has 0 saturated heterocycles. The number of hydrogen-bond acceptors (Lipinski definition) is 5. The number of benzene rings is 1. The lowest BCUT2D eigenvalue weighted by atomic mass is 10.2. The average molecular weight is 223 g/mol. The van der Waals surface area contributed by atoms with Crippen molar-refractivity contribution in [3.05, 3.63) is 36.4 Å². The maximum atomic E-state index is 10.7. The van der Waals surface area contributed by atoms with Crippen LogP contribution in [-0.4, -0.2) is 17.0 Å². The van der Waals surface area contributed by atoms with Crippen molar-refractivity contribution in [1.29, 1.82) is 0 Å². The number of hydrogen-bond donors (Lipinski definition) is 2. The van der Waals surface area contributed by atoms with Crippen molar-refractivity contribution in [2.75, 3.05) is 5.73 Å². The van der Waals surface area contributed by atoms with E-state index >= 15 is 0 Å². The highest BCUT2D eigenvalue weighted by atomic mass is 17.2. The van der Waals surface area contributed by atoms with Crippen LogP contribution in [0, 0.1) is 0 Å². The molecule has 16 heavy (non-hydrogen) atoms. The first-order valence-electron chi connectivity index (χ1n) is 4.19. The van der Waals surface area contributed by atoms with E-state index < -0.39 is 11.9 Å². The largest absolute Gasteiger partial charge is 0.478 e. The SMILES string of the molecule is C=CC(=O)OOc1cccc(C(=O)O)c1N. The first kappa shape index (κ1) is 11.6. The number of carbonyl (C=O) groups excluding carboxylic acids is 1. The van der Waals surface area contributed by atoms with Crippen LogP contribution in [0.4, 0.5) is 5.69 Å². The van der Waals surface area contributed by atoms with E-state index in [4.69, 9.17) is 10.8 Å². The van der Waals surface area contributed by atoms with Gasteiger partial charge in [-0.2, -0.15) is 0 Å². The number of carbonyl (C=O) groups is 2. The predicted octanol–water partition coefficient (Wildman–Crippen LogP) is 0.990. The molecule has 0 aliphatic heterocycles. The third-order valence-electron chi connectivity index (χ3n) is 1.68. The highest BCUT2D eigenvalue weighted by Gasteiger charge is 2.13. The van der Waals surface area contributed by atoms with E-state index in [9.17, 15) is 9.59 Å². The predicted molar refractivity (Wildman–Crippen MR) is 54.7 cm³/mol. The van der Waals surface area contributed by atoms with Crippen LogP contribution < -0.4 is 10.6 Å². The fourth-order valence-electron chi connectivity index (χ4n) is 0.923. The second-order valence-corrected chi connectivity index (χ2v) is 2.71. The third kappa shape index (κ3) is 2.50. The molecule has 3 N–H and O–H groups in total. The molecule has 0 saturated carbocycles. The van der Waals surface area contributed by atoms with E-state index in [1.807, 2.05) is 0 Å². The molecule has 0 fully saturated rings. The molecule has 6 nitrogen and oxygen atoms in total. The number of aromatic carboxylic acids is 1. The van der Waals surface area contributed by atoms with Crippen LogP contribution in [0.1, 0.15) is 10.4 Å². The quantitative estimate of drug-likeness (QED) is 0.342. The summed E-state index contributed by atoms with van der Waals surface area (Å²) in [5.41, 5.74) is 5.24. The zero-order chi connectivity index (χ0) is 12.1. The highest BCUT2D eigenvalue weighted by molar-refractivity contribution is 5.95. The lowest BCUT2D eigenvalue weighted by Gasteiger charge is -2.07. The lowest BCUT2D eigenvalue weighted by Crippen LogP contribution is -2.08. The van der Waals surface area contributed by atoms with Gasteiger partial charge in [0.1, 0.15) is 0 Å². The molecule has 0 amide bonds. The van der Waals surface area contributed by atoms with Gasteiger partial charge >= 0.3 is 11.9 Å². The molecule has 0 aliphatic carbocycles. The molecule has 0 atom stereocenters. The number of nitrogen functional groups attached to an aromatic ring is 1. The number of para-hydroxylation sites is 1. The Morgan fingerprint density at radius 1 is 1.44 bits per heavy atom. The summed E-state index contributed by atoms with van der Waals surface area (Å²) in [5, 5.41) is 8.75. The maximum absolute atomic E-state index is 10.7. The molecule has 0 aromatic heterocycles. The molecule has 1 rings (SSSR count). The molecule has 0 bridgehead atoms. The van der Waals surface area contributed by atoms with E-state index in [1.54, 1.807) is 0 Å². The van der Waals surface area contributed by atoms with E-state index in [-0.39, 0.29) is 17.0 Å². The van der Waals surface area contributed by atoms with Gasteiger partial charge in [0, 0.05) is 6.08 Å². The van der Waals surface area contributed by atoms with Gasteiger partial charge in [0.15, 0.2) is 0 Å². The molecule has 1 aromatic rings. The average Bonchev–Trinajstić information content (AvgIpc) is 2.26. The third-order valence-corrected chi connectivity index (χ3v) is 1.68. The van der Waals surface area contributed by atoms with Crippen molar-refractivity contribution < 1.29 is 24.5 Å². The summed E-state index contributed by atoms with van der Waals surface area (Å²) in [5.74, 6) is -2.05. The van der Waals surface area contributed by atoms with Crippen LogP contribution in [0.25, 0.3) is 0 Å². The summed E-state index contributed by atoms with van der Waals surface area (Å²) in [6, 6.07) is 4.09. The minimum Gasteiger partial charge on any atom is -0.478 e. The van der Waals surface area contributed by atoms with Crippen molar-refractivity contribution >= 4 is 17.6 Å². The van der Waals surface area contributed by atoms with Crippen LogP contribution in [0.5, 0.6) is 5.75 Å². The second-order valence-electron chi connectivity index (χ2n) is 2.71. The van der Waals surface area contributed by atoms with Crippen molar-refractivity contribution in [2.24, 2.45) is 0 Å². The minimum absolute atomic E-state index is 0.0462. The van der Waals surface area contributed by atoms with Gasteiger partial charge in [0.25, 0.3) is 0 Å². The fourth-order valence-corrected chi connectivity index (χ4v) is 0.923. The highest BCUT2D eigenvalue weighted by Crippen LogP contribution is 2.25. The lowest BCUT2D eigenvalue weighted by molar-refractivity contribution is -0.206. The Balaban J connectivity index is 2.89. The van der Waals surface area contributed by atoms with Crippen LogP contribution in [0.2, 0.25) is 0 Å². The van der Waals surface area contributed by atoms with Gasteiger partial charge in [-0.25, -0.2) is 14.5 Å². The van der Waals surface area contributed by atoms with Gasteiger partial charge < -0.3 is 10.8 Å². The van der Waals surface area contributed by atoms with E-state index in [0.717, 1.165) is 6.08 Å². The number of carboxylic acids is 1. The Morgan fingerprint density at radius 3 is 2.69 bits per heavy atom. The summed E-state index contributed by atoms with van der Waals surface area (Å²) in [7, 11) is 0. The van der Waals surface area contributed by atoms with Crippen LogP contribution in [0.3, 0.4) is 0 Å². The Hall–Kier alpha value is -2.50. The number of nitrogens with two attached hydrogens (primary N) is 1. The van der Waals surface area contributed by atoms with E-state index in [2.05, 4.69) is 16.4 Å². The summed E-state index contributed by atoms with van der Waals surface area (Å²) in [6.07, 6.45) is 0.900. The van der Waals surface area contributed by atoms with Gasteiger partial charge in [0.2, 0.25) is 5.75 Å². The van der Waals surface area contributed by atoms with Gasteiger partial charge in [-0.05, 0) is 12.1 Å². The zero-order valence-corrected chi connectivity index (χ0v) is 8.17. The molecule has 84 valence electrons. The van der Waals surface area contributed by atoms with E-state index in [1.165, 1.54) is 18.2 Å². The van der Waals surface area contributed by atoms with Crippen LogP contribution in [-0.2, 0) is 9.68 Å². The summed E-state index contributed by atoms with van der Waals surface area (Å²) in [6.45, 7) is 3.16. The van der Waals surface area contributed by atoms with Crippen molar-refractivity contribution in [3.63, 3.8) is 0 Å². The molecule has 0 radical (unpaired) electrons. The van der Waals surface area contributed by atoms with Gasteiger partial charge in [-0.15, -0.1) is 0 Å². The molecule has 1 aromatic carbocycles. The number of rotatable bonds is 4. The van der Waals surface area contributed by atoms with Gasteiger partial charge in [0.05, 0.1) is 11.3 Å². The van der Waals surface area contributed by atoms with Crippen molar-refractivity contribution in [1.82, 2.24) is 0 Å².